The monoisotopic (exact) mass is 394 g/mol. The highest BCUT2D eigenvalue weighted by Crippen LogP contribution is 2.24. The van der Waals surface area contributed by atoms with Gasteiger partial charge < -0.3 is 10.6 Å². The predicted molar refractivity (Wildman–Crippen MR) is 106 cm³/mol. The van der Waals surface area contributed by atoms with Crippen LogP contribution in [0.2, 0.25) is 0 Å². The van der Waals surface area contributed by atoms with Crippen LogP contribution in [-0.2, 0) is 17.8 Å². The molecule has 2 aromatic carbocycles. The molecular formula is C19H20ClFN2O2S. The van der Waals surface area contributed by atoms with E-state index in [0.29, 0.717) is 24.1 Å². The molecule has 4 nitrogen and oxygen atoms in total. The number of hydrogen-bond acceptors (Lipinski definition) is 4. The van der Waals surface area contributed by atoms with Crippen LogP contribution in [0, 0.1) is 5.82 Å². The second-order valence-corrected chi connectivity index (χ2v) is 6.81. The molecule has 0 aromatic heterocycles. The molecule has 1 aliphatic heterocycles. The molecule has 0 aliphatic carbocycles. The summed E-state index contributed by atoms with van der Waals surface area (Å²) in [6.07, 6.45) is 0.616. The number of carbonyl (C=O) groups is 2. The standard InChI is InChI=1S/C19H19FN2O2S.ClH/c20-19-15-8-9-21-10-14(15)6-7-16(19)22-18(24)12-25-11-17(23)13-4-2-1-3-5-13;/h1-7,21H,8-12H2,(H,22,24);1H. The summed E-state index contributed by atoms with van der Waals surface area (Å²) < 4.78 is 14.5. The summed E-state index contributed by atoms with van der Waals surface area (Å²) >= 11 is 1.22. The topological polar surface area (TPSA) is 58.2 Å². The molecule has 0 unspecified atom stereocenters. The third-order valence-electron chi connectivity index (χ3n) is 4.04. The van der Waals surface area contributed by atoms with E-state index >= 15 is 0 Å². The van der Waals surface area contributed by atoms with Crippen LogP contribution >= 0.6 is 24.2 Å². The van der Waals surface area contributed by atoms with Crippen LogP contribution < -0.4 is 10.6 Å². The van der Waals surface area contributed by atoms with E-state index in [0.717, 1.165) is 12.1 Å². The van der Waals surface area contributed by atoms with Gasteiger partial charge in [0.15, 0.2) is 5.78 Å². The van der Waals surface area contributed by atoms with Crippen molar-refractivity contribution in [2.75, 3.05) is 23.4 Å². The van der Waals surface area contributed by atoms with Crippen LogP contribution in [-0.4, -0.2) is 29.7 Å². The SMILES string of the molecule is Cl.O=C(CSCC(=O)c1ccccc1)Nc1ccc2c(c1F)CCNC2. The van der Waals surface area contributed by atoms with Gasteiger partial charge in [-0.1, -0.05) is 36.4 Å². The summed E-state index contributed by atoms with van der Waals surface area (Å²) in [5.41, 5.74) is 2.44. The van der Waals surface area contributed by atoms with E-state index in [1.807, 2.05) is 12.1 Å². The molecule has 0 fully saturated rings. The molecule has 138 valence electrons. The first-order valence-corrected chi connectivity index (χ1v) is 9.27. The zero-order valence-corrected chi connectivity index (χ0v) is 15.7. The van der Waals surface area contributed by atoms with E-state index in [2.05, 4.69) is 10.6 Å². The largest absolute Gasteiger partial charge is 0.323 e. The molecule has 1 heterocycles. The molecule has 0 radical (unpaired) electrons. The van der Waals surface area contributed by atoms with Crippen molar-refractivity contribution >= 4 is 41.5 Å². The number of rotatable bonds is 6. The van der Waals surface area contributed by atoms with Gasteiger partial charge in [0, 0.05) is 12.1 Å². The van der Waals surface area contributed by atoms with Gasteiger partial charge in [0.2, 0.25) is 5.91 Å². The summed E-state index contributed by atoms with van der Waals surface area (Å²) in [4.78, 5) is 24.0. The third kappa shape index (κ3) is 5.06. The van der Waals surface area contributed by atoms with Gasteiger partial charge in [0.1, 0.15) is 5.82 Å². The van der Waals surface area contributed by atoms with Gasteiger partial charge in [-0.25, -0.2) is 4.39 Å². The van der Waals surface area contributed by atoms with E-state index in [1.54, 1.807) is 30.3 Å². The number of anilines is 1. The zero-order chi connectivity index (χ0) is 17.6. The fourth-order valence-electron chi connectivity index (χ4n) is 2.76. The van der Waals surface area contributed by atoms with Crippen LogP contribution in [0.3, 0.4) is 0 Å². The van der Waals surface area contributed by atoms with Gasteiger partial charge in [-0.3, -0.25) is 9.59 Å². The van der Waals surface area contributed by atoms with Crippen molar-refractivity contribution in [2.45, 2.75) is 13.0 Å². The van der Waals surface area contributed by atoms with Crippen molar-refractivity contribution in [3.8, 4) is 0 Å². The first-order chi connectivity index (χ1) is 12.1. The van der Waals surface area contributed by atoms with Gasteiger partial charge in [-0.15, -0.1) is 24.2 Å². The lowest BCUT2D eigenvalue weighted by Crippen LogP contribution is -2.25. The smallest absolute Gasteiger partial charge is 0.234 e. The van der Waals surface area contributed by atoms with Gasteiger partial charge in [-0.2, -0.15) is 0 Å². The molecule has 2 aromatic rings. The Kier molecular flexibility index (Phi) is 7.63. The summed E-state index contributed by atoms with van der Waals surface area (Å²) in [7, 11) is 0. The van der Waals surface area contributed by atoms with Gasteiger partial charge >= 0.3 is 0 Å². The Hall–Kier alpha value is -1.89. The quantitative estimate of drug-likeness (QED) is 0.737. The van der Waals surface area contributed by atoms with Gasteiger partial charge in [0.05, 0.1) is 17.2 Å². The zero-order valence-electron chi connectivity index (χ0n) is 14.1. The lowest BCUT2D eigenvalue weighted by Gasteiger charge is -2.19. The second-order valence-electron chi connectivity index (χ2n) is 5.82. The summed E-state index contributed by atoms with van der Waals surface area (Å²) in [6.45, 7) is 1.39. The van der Waals surface area contributed by atoms with Crippen molar-refractivity contribution in [2.24, 2.45) is 0 Å². The first-order valence-electron chi connectivity index (χ1n) is 8.12. The molecule has 2 N–H and O–H groups in total. The molecule has 0 saturated carbocycles. The molecule has 26 heavy (non-hydrogen) atoms. The fraction of sp³-hybridized carbons (Fsp3) is 0.263. The van der Waals surface area contributed by atoms with E-state index in [9.17, 15) is 14.0 Å². The normalized spacial score (nSPS) is 12.7. The highest BCUT2D eigenvalue weighted by atomic mass is 35.5. The van der Waals surface area contributed by atoms with Crippen molar-refractivity contribution in [3.63, 3.8) is 0 Å². The fourth-order valence-corrected chi connectivity index (χ4v) is 3.47. The first kappa shape index (κ1) is 20.4. The number of nitrogens with one attached hydrogen (secondary N) is 2. The Bertz CT molecular complexity index is 787. The van der Waals surface area contributed by atoms with Gasteiger partial charge in [-0.05, 0) is 30.2 Å². The minimum atomic E-state index is -0.349. The third-order valence-corrected chi connectivity index (χ3v) is 4.98. The second kappa shape index (κ2) is 9.71. The Balaban J connectivity index is 0.00000243. The van der Waals surface area contributed by atoms with Crippen molar-refractivity contribution < 1.29 is 14.0 Å². The van der Waals surface area contributed by atoms with Crippen LogP contribution in [0.1, 0.15) is 21.5 Å². The number of fused-ring (bicyclic) bond motifs is 1. The van der Waals surface area contributed by atoms with E-state index in [4.69, 9.17) is 0 Å². The van der Waals surface area contributed by atoms with Crippen LogP contribution in [0.15, 0.2) is 42.5 Å². The van der Waals surface area contributed by atoms with Crippen molar-refractivity contribution in [1.29, 1.82) is 0 Å². The number of carbonyl (C=O) groups excluding carboxylic acids is 2. The Labute approximate surface area is 162 Å². The Morgan fingerprint density at radius 3 is 2.65 bits per heavy atom. The molecule has 0 bridgehead atoms. The average molecular weight is 395 g/mol. The number of thioether (sulfide) groups is 1. The summed E-state index contributed by atoms with van der Waals surface area (Å²) in [6, 6.07) is 12.4. The van der Waals surface area contributed by atoms with E-state index in [-0.39, 0.29) is 47.1 Å². The highest BCUT2D eigenvalue weighted by molar-refractivity contribution is 8.00. The number of Topliss-reactive ketones (excluding diaryl/α,β-unsaturated/α-hetero) is 1. The molecule has 0 saturated heterocycles. The van der Waals surface area contributed by atoms with Crippen LogP contribution in [0.4, 0.5) is 10.1 Å². The highest BCUT2D eigenvalue weighted by Gasteiger charge is 2.17. The van der Waals surface area contributed by atoms with Crippen LogP contribution in [0.5, 0.6) is 0 Å². The maximum absolute atomic E-state index is 14.5. The van der Waals surface area contributed by atoms with E-state index in [1.165, 1.54) is 11.8 Å². The number of halogens is 2. The number of hydrogen-bond donors (Lipinski definition) is 2. The number of ketones is 1. The Morgan fingerprint density at radius 2 is 1.88 bits per heavy atom. The average Bonchev–Trinajstić information content (AvgIpc) is 2.65. The number of amides is 1. The summed E-state index contributed by atoms with van der Waals surface area (Å²) in [5.74, 6) is -0.353. The molecule has 7 heteroatoms. The lowest BCUT2D eigenvalue weighted by atomic mass is 9.99. The van der Waals surface area contributed by atoms with Crippen LogP contribution in [0.25, 0.3) is 0 Å². The van der Waals surface area contributed by atoms with Crippen molar-refractivity contribution in [1.82, 2.24) is 5.32 Å². The maximum atomic E-state index is 14.5. The molecular weight excluding hydrogens is 375 g/mol. The molecule has 0 spiro atoms. The van der Waals surface area contributed by atoms with Crippen molar-refractivity contribution in [3.05, 3.63) is 65.0 Å². The molecule has 3 rings (SSSR count). The molecule has 1 aliphatic rings. The molecule has 1 amide bonds. The number of benzene rings is 2. The minimum absolute atomic E-state index is 0. The Morgan fingerprint density at radius 1 is 1.12 bits per heavy atom. The maximum Gasteiger partial charge on any atom is 0.234 e. The van der Waals surface area contributed by atoms with Gasteiger partial charge in [0.25, 0.3) is 0 Å². The predicted octanol–water partition coefficient (Wildman–Crippen LogP) is 3.45. The molecule has 0 atom stereocenters. The lowest BCUT2D eigenvalue weighted by molar-refractivity contribution is -0.113. The minimum Gasteiger partial charge on any atom is -0.323 e. The van der Waals surface area contributed by atoms with E-state index < -0.39 is 0 Å². The summed E-state index contributed by atoms with van der Waals surface area (Å²) in [5, 5.41) is 5.80.